The van der Waals surface area contributed by atoms with Gasteiger partial charge in [-0.05, 0) is 25.2 Å². The first kappa shape index (κ1) is 7.08. The van der Waals surface area contributed by atoms with Crippen molar-refractivity contribution in [3.8, 4) is 0 Å². The van der Waals surface area contributed by atoms with Gasteiger partial charge in [0.2, 0.25) is 0 Å². The van der Waals surface area contributed by atoms with Crippen molar-refractivity contribution in [3.05, 3.63) is 11.6 Å². The molecule has 60 valence electrons. The van der Waals surface area contributed by atoms with E-state index in [-0.39, 0.29) is 0 Å². The number of carbonyl (C=O) groups is 1. The molecule has 0 unspecified atom stereocenters. The number of rotatable bonds is 0. The van der Waals surface area contributed by atoms with Crippen LogP contribution in [0.2, 0.25) is 0 Å². The summed E-state index contributed by atoms with van der Waals surface area (Å²) in [7, 11) is 0. The summed E-state index contributed by atoms with van der Waals surface area (Å²) >= 11 is 0. The van der Waals surface area contributed by atoms with Gasteiger partial charge in [0.25, 0.3) is 0 Å². The molecule has 0 heterocycles. The van der Waals surface area contributed by atoms with Gasteiger partial charge in [0.15, 0.2) is 0 Å². The molecule has 1 nitrogen and oxygen atoms in total. The van der Waals surface area contributed by atoms with Gasteiger partial charge in [-0.15, -0.1) is 0 Å². The summed E-state index contributed by atoms with van der Waals surface area (Å²) in [5, 5.41) is 0. The molecule has 0 radical (unpaired) electrons. The Balaban J connectivity index is 2.28. The first-order valence-electron chi connectivity index (χ1n) is 4.39. The molecule has 0 aliphatic heterocycles. The van der Waals surface area contributed by atoms with Crippen molar-refractivity contribution in [2.75, 3.05) is 0 Å². The number of hydrogen-bond donors (Lipinski definition) is 0. The highest BCUT2D eigenvalue weighted by Gasteiger charge is 2.42. The van der Waals surface area contributed by atoms with Crippen LogP contribution in [-0.4, -0.2) is 5.78 Å². The summed E-state index contributed by atoms with van der Waals surface area (Å²) in [6.07, 6.45) is 4.20. The first-order valence-corrected chi connectivity index (χ1v) is 4.39. The van der Waals surface area contributed by atoms with Crippen LogP contribution in [0.3, 0.4) is 0 Å². The molecule has 2 rings (SSSR count). The van der Waals surface area contributed by atoms with Gasteiger partial charge in [-0.25, -0.2) is 0 Å². The van der Waals surface area contributed by atoms with Gasteiger partial charge >= 0.3 is 0 Å². The van der Waals surface area contributed by atoms with Crippen LogP contribution >= 0.6 is 0 Å². The third kappa shape index (κ3) is 0.867. The Labute approximate surface area is 67.5 Å². The van der Waals surface area contributed by atoms with Crippen molar-refractivity contribution in [2.24, 2.45) is 17.8 Å². The van der Waals surface area contributed by atoms with E-state index in [0.29, 0.717) is 23.5 Å². The molecular formula is C10H14O. The monoisotopic (exact) mass is 150 g/mol. The Morgan fingerprint density at radius 3 is 2.91 bits per heavy atom. The van der Waals surface area contributed by atoms with E-state index >= 15 is 0 Å². The molecule has 0 saturated heterocycles. The summed E-state index contributed by atoms with van der Waals surface area (Å²) in [4.78, 5) is 11.4. The highest BCUT2D eigenvalue weighted by Crippen LogP contribution is 2.44. The van der Waals surface area contributed by atoms with Crippen LogP contribution in [0.5, 0.6) is 0 Å². The Morgan fingerprint density at radius 1 is 1.55 bits per heavy atom. The number of Topliss-reactive ketones (excluding diaryl/α,β-unsaturated/α-hetero) is 1. The van der Waals surface area contributed by atoms with Crippen LogP contribution in [0.4, 0.5) is 0 Å². The fourth-order valence-corrected chi connectivity index (χ4v) is 2.57. The van der Waals surface area contributed by atoms with Gasteiger partial charge in [-0.2, -0.15) is 0 Å². The molecule has 0 amide bonds. The number of hydrogen-bond acceptors (Lipinski definition) is 1. The van der Waals surface area contributed by atoms with Gasteiger partial charge in [0.05, 0.1) is 0 Å². The van der Waals surface area contributed by atoms with Crippen molar-refractivity contribution < 1.29 is 4.79 Å². The Bertz CT molecular complexity index is 227. The zero-order valence-electron chi connectivity index (χ0n) is 7.13. The number of carbonyl (C=O) groups excluding carboxylic acids is 1. The summed E-state index contributed by atoms with van der Waals surface area (Å²) in [5.41, 5.74) is 1.32. The SMILES string of the molecule is CC1=CC[C@H]2[C@@H]1C(=O)C[C@@H]2C. The van der Waals surface area contributed by atoms with Gasteiger partial charge in [-0.1, -0.05) is 18.6 Å². The lowest BCUT2D eigenvalue weighted by atomic mass is 9.90. The molecule has 0 bridgehead atoms. The van der Waals surface area contributed by atoms with Crippen molar-refractivity contribution >= 4 is 5.78 Å². The van der Waals surface area contributed by atoms with Crippen molar-refractivity contribution in [1.29, 1.82) is 0 Å². The molecule has 1 saturated carbocycles. The summed E-state index contributed by atoms with van der Waals surface area (Å²) in [6, 6.07) is 0. The second-order valence-electron chi connectivity index (χ2n) is 3.97. The zero-order chi connectivity index (χ0) is 8.01. The second-order valence-corrected chi connectivity index (χ2v) is 3.97. The minimum Gasteiger partial charge on any atom is -0.299 e. The van der Waals surface area contributed by atoms with E-state index in [1.165, 1.54) is 5.57 Å². The molecule has 1 heteroatoms. The predicted octanol–water partition coefficient (Wildman–Crippen LogP) is 2.18. The van der Waals surface area contributed by atoms with Crippen LogP contribution in [-0.2, 0) is 4.79 Å². The smallest absolute Gasteiger partial charge is 0.140 e. The van der Waals surface area contributed by atoms with Crippen LogP contribution in [0.25, 0.3) is 0 Å². The van der Waals surface area contributed by atoms with E-state index in [9.17, 15) is 4.79 Å². The van der Waals surface area contributed by atoms with Crippen molar-refractivity contribution in [3.63, 3.8) is 0 Å². The van der Waals surface area contributed by atoms with Gasteiger partial charge in [0.1, 0.15) is 5.78 Å². The van der Waals surface area contributed by atoms with Crippen LogP contribution < -0.4 is 0 Å². The summed E-state index contributed by atoms with van der Waals surface area (Å²) < 4.78 is 0. The van der Waals surface area contributed by atoms with E-state index < -0.39 is 0 Å². The van der Waals surface area contributed by atoms with Crippen molar-refractivity contribution in [1.82, 2.24) is 0 Å². The van der Waals surface area contributed by atoms with Gasteiger partial charge in [-0.3, -0.25) is 4.79 Å². The van der Waals surface area contributed by atoms with E-state index in [4.69, 9.17) is 0 Å². The van der Waals surface area contributed by atoms with Crippen LogP contribution in [0.15, 0.2) is 11.6 Å². The number of fused-ring (bicyclic) bond motifs is 1. The normalized spacial score (nSPS) is 42.5. The molecule has 2 aliphatic rings. The lowest BCUT2D eigenvalue weighted by Crippen LogP contribution is -2.11. The summed E-state index contributed by atoms with van der Waals surface area (Å²) in [6.45, 7) is 4.30. The minimum atomic E-state index is 0.310. The molecule has 1 fully saturated rings. The average Bonchev–Trinajstić information content (AvgIpc) is 2.41. The van der Waals surface area contributed by atoms with Gasteiger partial charge < -0.3 is 0 Å². The fraction of sp³-hybridized carbons (Fsp3) is 0.700. The lowest BCUT2D eigenvalue weighted by Gasteiger charge is -2.12. The molecule has 0 N–H and O–H groups in total. The molecule has 0 spiro atoms. The van der Waals surface area contributed by atoms with E-state index in [1.54, 1.807) is 0 Å². The molecule has 11 heavy (non-hydrogen) atoms. The van der Waals surface area contributed by atoms with E-state index in [0.717, 1.165) is 12.8 Å². The highest BCUT2D eigenvalue weighted by molar-refractivity contribution is 5.87. The second kappa shape index (κ2) is 2.20. The molecule has 3 atom stereocenters. The van der Waals surface area contributed by atoms with E-state index in [1.807, 2.05) is 0 Å². The maximum Gasteiger partial charge on any atom is 0.140 e. The maximum atomic E-state index is 11.4. The molecule has 0 aromatic heterocycles. The fourth-order valence-electron chi connectivity index (χ4n) is 2.57. The Morgan fingerprint density at radius 2 is 2.27 bits per heavy atom. The third-order valence-electron chi connectivity index (χ3n) is 3.23. The summed E-state index contributed by atoms with van der Waals surface area (Å²) in [5.74, 6) is 2.07. The average molecular weight is 150 g/mol. The quantitative estimate of drug-likeness (QED) is 0.484. The predicted molar refractivity (Wildman–Crippen MR) is 44.1 cm³/mol. The number of allylic oxidation sites excluding steroid dienone is 2. The zero-order valence-corrected chi connectivity index (χ0v) is 7.13. The first-order chi connectivity index (χ1) is 5.20. The standard InChI is InChI=1S/C10H14O/c1-6-3-4-8-7(2)5-9(11)10(6)8/h3,7-8,10H,4-5H2,1-2H3/t7-,8+,10+/m0/s1. The maximum absolute atomic E-state index is 11.4. The number of ketones is 1. The van der Waals surface area contributed by atoms with Gasteiger partial charge in [0, 0.05) is 12.3 Å². The van der Waals surface area contributed by atoms with Crippen molar-refractivity contribution in [2.45, 2.75) is 26.7 Å². The van der Waals surface area contributed by atoms with Crippen LogP contribution in [0, 0.1) is 17.8 Å². The van der Waals surface area contributed by atoms with Crippen LogP contribution in [0.1, 0.15) is 26.7 Å². The molecular weight excluding hydrogens is 136 g/mol. The highest BCUT2D eigenvalue weighted by atomic mass is 16.1. The molecule has 0 aromatic rings. The Hall–Kier alpha value is -0.590. The van der Waals surface area contributed by atoms with E-state index in [2.05, 4.69) is 19.9 Å². The third-order valence-corrected chi connectivity index (χ3v) is 3.23. The molecule has 2 aliphatic carbocycles. The lowest BCUT2D eigenvalue weighted by molar-refractivity contribution is -0.120. The Kier molecular flexibility index (Phi) is 1.41. The molecule has 0 aromatic carbocycles. The largest absolute Gasteiger partial charge is 0.299 e. The minimum absolute atomic E-state index is 0.310. The topological polar surface area (TPSA) is 17.1 Å².